The van der Waals surface area contributed by atoms with Crippen molar-refractivity contribution in [2.45, 2.75) is 45.3 Å². The molecule has 0 radical (unpaired) electrons. The molecule has 1 amide bonds. The number of amides is 1. The zero-order valence-corrected chi connectivity index (χ0v) is 18.9. The van der Waals surface area contributed by atoms with Crippen LogP contribution in [-0.4, -0.2) is 18.6 Å². The highest BCUT2D eigenvalue weighted by Crippen LogP contribution is 2.38. The van der Waals surface area contributed by atoms with Gasteiger partial charge in [0.1, 0.15) is 24.1 Å². The first-order valence-electron chi connectivity index (χ1n) is 10.3. The van der Waals surface area contributed by atoms with Crippen molar-refractivity contribution < 1.29 is 18.7 Å². The van der Waals surface area contributed by atoms with E-state index in [-0.39, 0.29) is 29.9 Å². The van der Waals surface area contributed by atoms with Crippen LogP contribution in [0, 0.1) is 17.1 Å². The molecule has 0 heterocycles. The Labute approximate surface area is 190 Å². The van der Waals surface area contributed by atoms with Crippen LogP contribution >= 0.6 is 15.9 Å². The molecule has 0 aliphatic heterocycles. The lowest BCUT2D eigenvalue weighted by Crippen LogP contribution is -2.33. The average molecular weight is 487 g/mol. The van der Waals surface area contributed by atoms with E-state index in [4.69, 9.17) is 9.47 Å². The molecule has 1 saturated carbocycles. The summed E-state index contributed by atoms with van der Waals surface area (Å²) in [5.41, 5.74) is 1.36. The number of benzene rings is 2. The van der Waals surface area contributed by atoms with Gasteiger partial charge < -0.3 is 14.8 Å². The number of carbonyl (C=O) groups excluding carboxylic acids is 1. The lowest BCUT2D eigenvalue weighted by Gasteiger charge is -2.15. The zero-order chi connectivity index (χ0) is 22.2. The molecular formula is C24H24BrFN2O3. The lowest BCUT2D eigenvalue weighted by molar-refractivity contribution is -0.117. The number of nitrogens with zero attached hydrogens (tertiary/aromatic N) is 1. The van der Waals surface area contributed by atoms with Gasteiger partial charge in [0.15, 0.2) is 11.5 Å². The first-order chi connectivity index (χ1) is 15.0. The molecule has 0 aromatic heterocycles. The third-order valence-electron chi connectivity index (χ3n) is 4.97. The quantitative estimate of drug-likeness (QED) is 0.393. The third kappa shape index (κ3) is 6.31. The van der Waals surface area contributed by atoms with Crippen LogP contribution in [-0.2, 0) is 11.4 Å². The van der Waals surface area contributed by atoms with E-state index in [0.717, 1.165) is 25.7 Å². The summed E-state index contributed by atoms with van der Waals surface area (Å²) in [6.45, 7) is 2.42. The smallest absolute Gasteiger partial charge is 0.262 e. The molecule has 2 aromatic carbocycles. The van der Waals surface area contributed by atoms with E-state index in [1.165, 1.54) is 18.2 Å². The Bertz CT molecular complexity index is 1010. The van der Waals surface area contributed by atoms with E-state index < -0.39 is 0 Å². The van der Waals surface area contributed by atoms with Crippen molar-refractivity contribution in [1.82, 2.24) is 5.32 Å². The van der Waals surface area contributed by atoms with E-state index in [9.17, 15) is 14.4 Å². The largest absolute Gasteiger partial charge is 0.490 e. The van der Waals surface area contributed by atoms with E-state index >= 15 is 0 Å². The molecule has 2 aromatic rings. The van der Waals surface area contributed by atoms with E-state index in [0.29, 0.717) is 33.7 Å². The van der Waals surface area contributed by atoms with Gasteiger partial charge in [-0.1, -0.05) is 25.0 Å². The first kappa shape index (κ1) is 22.8. The van der Waals surface area contributed by atoms with Crippen molar-refractivity contribution in [2.24, 2.45) is 0 Å². The molecular weight excluding hydrogens is 463 g/mol. The Balaban J connectivity index is 1.81. The Morgan fingerprint density at radius 1 is 1.29 bits per heavy atom. The number of nitrogens with one attached hydrogen (secondary N) is 1. The molecule has 5 nitrogen and oxygen atoms in total. The summed E-state index contributed by atoms with van der Waals surface area (Å²) in [5, 5.41) is 12.4. The van der Waals surface area contributed by atoms with Gasteiger partial charge in [0.2, 0.25) is 0 Å². The van der Waals surface area contributed by atoms with Gasteiger partial charge in [-0.2, -0.15) is 5.26 Å². The van der Waals surface area contributed by atoms with Crippen LogP contribution in [0.5, 0.6) is 11.5 Å². The number of rotatable bonds is 8. The van der Waals surface area contributed by atoms with Crippen molar-refractivity contribution >= 4 is 27.9 Å². The van der Waals surface area contributed by atoms with Crippen molar-refractivity contribution in [2.75, 3.05) is 6.61 Å². The number of carbonyl (C=O) groups is 1. The monoisotopic (exact) mass is 486 g/mol. The van der Waals surface area contributed by atoms with Crippen molar-refractivity contribution in [3.8, 4) is 17.6 Å². The topological polar surface area (TPSA) is 71.3 Å². The molecule has 162 valence electrons. The number of ether oxygens (including phenoxy) is 2. The van der Waals surface area contributed by atoms with Gasteiger partial charge in [-0.3, -0.25) is 4.79 Å². The predicted octanol–water partition coefficient (Wildman–Crippen LogP) is 5.53. The second kappa shape index (κ2) is 11.0. The maximum absolute atomic E-state index is 13.4. The van der Waals surface area contributed by atoms with Crippen LogP contribution in [0.15, 0.2) is 46.4 Å². The number of halogens is 2. The highest BCUT2D eigenvalue weighted by molar-refractivity contribution is 9.10. The lowest BCUT2D eigenvalue weighted by atomic mass is 10.1. The van der Waals surface area contributed by atoms with Crippen LogP contribution in [0.2, 0.25) is 0 Å². The molecule has 0 unspecified atom stereocenters. The highest BCUT2D eigenvalue weighted by Gasteiger charge is 2.20. The summed E-state index contributed by atoms with van der Waals surface area (Å²) in [6.07, 6.45) is 5.62. The van der Waals surface area contributed by atoms with Gasteiger partial charge in [0.25, 0.3) is 5.91 Å². The molecule has 1 fully saturated rings. The number of hydrogen-bond acceptors (Lipinski definition) is 4. The molecule has 0 saturated heterocycles. The second-order valence-electron chi connectivity index (χ2n) is 7.31. The van der Waals surface area contributed by atoms with E-state index in [1.807, 2.05) is 13.0 Å². The molecule has 0 spiro atoms. The summed E-state index contributed by atoms with van der Waals surface area (Å²) >= 11 is 3.48. The summed E-state index contributed by atoms with van der Waals surface area (Å²) in [6, 6.07) is 11.8. The maximum atomic E-state index is 13.4. The Morgan fingerprint density at radius 3 is 2.74 bits per heavy atom. The van der Waals surface area contributed by atoms with Crippen LogP contribution in [0.25, 0.3) is 6.08 Å². The van der Waals surface area contributed by atoms with Gasteiger partial charge >= 0.3 is 0 Å². The summed E-state index contributed by atoms with van der Waals surface area (Å²) < 4.78 is 25.6. The summed E-state index contributed by atoms with van der Waals surface area (Å²) in [4.78, 5) is 12.5. The minimum absolute atomic E-state index is 0.0367. The second-order valence-corrected chi connectivity index (χ2v) is 8.16. The maximum Gasteiger partial charge on any atom is 0.262 e. The number of hydrogen-bond donors (Lipinski definition) is 1. The predicted molar refractivity (Wildman–Crippen MR) is 120 cm³/mol. The van der Waals surface area contributed by atoms with E-state index in [1.54, 1.807) is 24.3 Å². The van der Waals surface area contributed by atoms with Crippen molar-refractivity contribution in [1.29, 1.82) is 5.26 Å². The number of nitriles is 1. The van der Waals surface area contributed by atoms with Gasteiger partial charge in [-0.15, -0.1) is 0 Å². The molecule has 3 rings (SSSR count). The van der Waals surface area contributed by atoms with Gasteiger partial charge in [-0.25, -0.2) is 4.39 Å². The van der Waals surface area contributed by atoms with Crippen LogP contribution < -0.4 is 14.8 Å². The van der Waals surface area contributed by atoms with Gasteiger partial charge in [0, 0.05) is 6.04 Å². The normalized spacial score (nSPS) is 14.2. The van der Waals surface area contributed by atoms with Crippen LogP contribution in [0.3, 0.4) is 0 Å². The van der Waals surface area contributed by atoms with Gasteiger partial charge in [-0.05, 0) is 77.2 Å². The first-order valence-corrected chi connectivity index (χ1v) is 11.1. The molecule has 1 N–H and O–H groups in total. The van der Waals surface area contributed by atoms with Crippen LogP contribution in [0.1, 0.15) is 43.7 Å². The minimum atomic E-state index is -0.366. The molecule has 7 heteroatoms. The molecule has 1 aliphatic carbocycles. The Hall–Kier alpha value is -2.85. The minimum Gasteiger partial charge on any atom is -0.490 e. The highest BCUT2D eigenvalue weighted by atomic mass is 79.9. The SMILES string of the molecule is CCOc1cc(/C=C(/C#N)C(=O)NC2CCCC2)cc(Br)c1OCc1cccc(F)c1. The zero-order valence-electron chi connectivity index (χ0n) is 17.3. The van der Waals surface area contributed by atoms with Gasteiger partial charge in [0.05, 0.1) is 11.1 Å². The fourth-order valence-electron chi connectivity index (χ4n) is 3.51. The molecule has 1 aliphatic rings. The third-order valence-corrected chi connectivity index (χ3v) is 5.56. The summed E-state index contributed by atoms with van der Waals surface area (Å²) in [5.74, 6) is 0.241. The Morgan fingerprint density at radius 2 is 2.06 bits per heavy atom. The molecule has 31 heavy (non-hydrogen) atoms. The summed E-state index contributed by atoms with van der Waals surface area (Å²) in [7, 11) is 0. The van der Waals surface area contributed by atoms with E-state index in [2.05, 4.69) is 21.2 Å². The van der Waals surface area contributed by atoms with Crippen molar-refractivity contribution in [3.63, 3.8) is 0 Å². The molecule has 0 bridgehead atoms. The Kier molecular flexibility index (Phi) is 8.07. The standard InChI is InChI=1S/C24H24BrFN2O3/c1-2-30-22-13-17(10-18(14-27)24(29)28-20-8-3-4-9-20)12-21(25)23(22)31-15-16-6-5-7-19(26)11-16/h5-7,10-13,20H,2-4,8-9,15H2,1H3,(H,28,29)/b18-10-. The fraction of sp³-hybridized carbons (Fsp3) is 0.333. The molecule has 0 atom stereocenters. The van der Waals surface area contributed by atoms with Crippen molar-refractivity contribution in [3.05, 3.63) is 63.4 Å². The average Bonchev–Trinajstić information content (AvgIpc) is 3.24. The van der Waals surface area contributed by atoms with Crippen LogP contribution in [0.4, 0.5) is 4.39 Å². The fourth-order valence-corrected chi connectivity index (χ4v) is 4.08.